The Kier molecular flexibility index (Phi) is 6.32. The van der Waals surface area contributed by atoms with E-state index in [-0.39, 0.29) is 29.2 Å². The highest BCUT2D eigenvalue weighted by Crippen LogP contribution is 2.21. The average molecular weight is 402 g/mol. The fourth-order valence-corrected chi connectivity index (χ4v) is 3.32. The monoisotopic (exact) mass is 402 g/mol. The standard InChI is InChI=1S/C21H27FN4O3/c1-5-7-10-29-13-20-23-26(21(28)24(20)6-2)18-12-17-15(11-16(18)22)19(27)8-9-25(17)14(3)4/h8-9,11-12,14H,5-7,10,13H2,1-4H3. The maximum Gasteiger partial charge on any atom is 0.350 e. The Balaban J connectivity index is 2.14. The minimum atomic E-state index is -0.669. The van der Waals surface area contributed by atoms with Gasteiger partial charge in [-0.1, -0.05) is 13.3 Å². The van der Waals surface area contributed by atoms with Gasteiger partial charge in [0.1, 0.15) is 18.1 Å². The summed E-state index contributed by atoms with van der Waals surface area (Å²) in [4.78, 5) is 25.1. The van der Waals surface area contributed by atoms with Crippen LogP contribution in [0.5, 0.6) is 0 Å². The molecule has 3 rings (SSSR count). The van der Waals surface area contributed by atoms with Crippen molar-refractivity contribution >= 4 is 10.9 Å². The van der Waals surface area contributed by atoms with Gasteiger partial charge >= 0.3 is 5.69 Å². The first-order valence-electron chi connectivity index (χ1n) is 10.00. The molecule has 7 nitrogen and oxygen atoms in total. The lowest BCUT2D eigenvalue weighted by Gasteiger charge is -2.15. The first-order chi connectivity index (χ1) is 13.9. The summed E-state index contributed by atoms with van der Waals surface area (Å²) in [5, 5.41) is 4.60. The van der Waals surface area contributed by atoms with Crippen LogP contribution in [0.15, 0.2) is 34.0 Å². The Labute approximate surface area is 168 Å². The molecular weight excluding hydrogens is 375 g/mol. The molecular formula is C21H27FN4O3. The largest absolute Gasteiger partial charge is 0.373 e. The van der Waals surface area contributed by atoms with Crippen molar-refractivity contribution in [3.8, 4) is 5.69 Å². The highest BCUT2D eigenvalue weighted by molar-refractivity contribution is 5.81. The average Bonchev–Trinajstić information content (AvgIpc) is 3.00. The van der Waals surface area contributed by atoms with Crippen molar-refractivity contribution < 1.29 is 9.13 Å². The van der Waals surface area contributed by atoms with E-state index < -0.39 is 11.5 Å². The van der Waals surface area contributed by atoms with Gasteiger partial charge in [0.15, 0.2) is 11.3 Å². The first kappa shape index (κ1) is 21.0. The number of hydrogen-bond acceptors (Lipinski definition) is 4. The molecule has 0 radical (unpaired) electrons. The molecule has 2 aromatic heterocycles. The summed E-state index contributed by atoms with van der Waals surface area (Å²) in [7, 11) is 0. The van der Waals surface area contributed by atoms with Crippen LogP contribution in [0.4, 0.5) is 4.39 Å². The lowest BCUT2D eigenvalue weighted by molar-refractivity contribution is 0.110. The fraction of sp³-hybridized carbons (Fsp3) is 0.476. The predicted octanol–water partition coefficient (Wildman–Crippen LogP) is 3.41. The Morgan fingerprint density at radius 1 is 1.21 bits per heavy atom. The maximum absolute atomic E-state index is 14.9. The van der Waals surface area contributed by atoms with Gasteiger partial charge in [0.05, 0.1) is 5.52 Å². The van der Waals surface area contributed by atoms with E-state index in [0.29, 0.717) is 24.5 Å². The summed E-state index contributed by atoms with van der Waals surface area (Å²) < 4.78 is 24.9. The summed E-state index contributed by atoms with van der Waals surface area (Å²) in [6, 6.07) is 4.18. The van der Waals surface area contributed by atoms with Gasteiger partial charge < -0.3 is 9.30 Å². The van der Waals surface area contributed by atoms with Crippen molar-refractivity contribution in [3.63, 3.8) is 0 Å². The molecule has 0 N–H and O–H groups in total. The zero-order valence-corrected chi connectivity index (χ0v) is 17.3. The minimum absolute atomic E-state index is 0.0181. The molecule has 2 heterocycles. The van der Waals surface area contributed by atoms with Crippen molar-refractivity contribution in [3.05, 3.63) is 56.7 Å². The van der Waals surface area contributed by atoms with Crippen LogP contribution in [0, 0.1) is 5.82 Å². The summed E-state index contributed by atoms with van der Waals surface area (Å²) in [6.07, 6.45) is 3.61. The molecule has 156 valence electrons. The number of ether oxygens (including phenoxy) is 1. The van der Waals surface area contributed by atoms with Crippen molar-refractivity contribution in [1.82, 2.24) is 18.9 Å². The van der Waals surface area contributed by atoms with Gasteiger partial charge in [-0.15, -0.1) is 5.10 Å². The van der Waals surface area contributed by atoms with E-state index in [0.717, 1.165) is 17.5 Å². The number of aromatic nitrogens is 4. The van der Waals surface area contributed by atoms with Crippen molar-refractivity contribution in [2.75, 3.05) is 6.61 Å². The van der Waals surface area contributed by atoms with Crippen LogP contribution in [0.2, 0.25) is 0 Å². The van der Waals surface area contributed by atoms with Gasteiger partial charge in [-0.3, -0.25) is 9.36 Å². The van der Waals surface area contributed by atoms with Crippen molar-refractivity contribution in [1.29, 1.82) is 0 Å². The third kappa shape index (κ3) is 4.03. The van der Waals surface area contributed by atoms with E-state index in [2.05, 4.69) is 12.0 Å². The Bertz CT molecular complexity index is 1130. The molecule has 3 aromatic rings. The van der Waals surface area contributed by atoms with Crippen LogP contribution in [-0.2, 0) is 17.9 Å². The molecule has 0 aliphatic carbocycles. The Morgan fingerprint density at radius 3 is 2.62 bits per heavy atom. The van der Waals surface area contributed by atoms with E-state index in [9.17, 15) is 14.0 Å². The molecule has 0 fully saturated rings. The van der Waals surface area contributed by atoms with Crippen LogP contribution < -0.4 is 11.1 Å². The lowest BCUT2D eigenvalue weighted by Crippen LogP contribution is -2.25. The van der Waals surface area contributed by atoms with E-state index in [1.165, 1.54) is 22.8 Å². The van der Waals surface area contributed by atoms with E-state index in [1.54, 1.807) is 6.20 Å². The number of hydrogen-bond donors (Lipinski definition) is 0. The highest BCUT2D eigenvalue weighted by atomic mass is 19.1. The number of halogens is 1. The molecule has 0 unspecified atom stereocenters. The fourth-order valence-electron chi connectivity index (χ4n) is 3.32. The Hall–Kier alpha value is -2.74. The number of fused-ring (bicyclic) bond motifs is 1. The van der Waals surface area contributed by atoms with Gasteiger partial charge in [0.25, 0.3) is 0 Å². The maximum atomic E-state index is 14.9. The smallest absolute Gasteiger partial charge is 0.350 e. The quantitative estimate of drug-likeness (QED) is 0.542. The SMILES string of the molecule is CCCCOCc1nn(-c2cc3c(cc2F)c(=O)ccn3C(C)C)c(=O)n1CC. The summed E-state index contributed by atoms with van der Waals surface area (Å²) in [5.41, 5.74) is -0.125. The van der Waals surface area contributed by atoms with E-state index in [4.69, 9.17) is 4.74 Å². The predicted molar refractivity (Wildman–Crippen MR) is 110 cm³/mol. The number of rotatable bonds is 8. The van der Waals surface area contributed by atoms with Crippen LogP contribution in [-0.4, -0.2) is 25.5 Å². The van der Waals surface area contributed by atoms with Crippen LogP contribution in [0.25, 0.3) is 16.6 Å². The molecule has 0 amide bonds. The van der Waals surface area contributed by atoms with Gasteiger partial charge in [-0.2, -0.15) is 4.68 Å². The molecule has 0 saturated heterocycles. The molecule has 0 saturated carbocycles. The molecule has 8 heteroatoms. The second-order valence-electron chi connectivity index (χ2n) is 7.26. The molecule has 1 aromatic carbocycles. The van der Waals surface area contributed by atoms with Gasteiger partial charge in [-0.25, -0.2) is 9.18 Å². The molecule has 0 spiro atoms. The highest BCUT2D eigenvalue weighted by Gasteiger charge is 2.18. The third-order valence-corrected chi connectivity index (χ3v) is 4.91. The van der Waals surface area contributed by atoms with Crippen LogP contribution in [0.3, 0.4) is 0 Å². The normalized spacial score (nSPS) is 11.7. The topological polar surface area (TPSA) is 71.1 Å². The zero-order valence-electron chi connectivity index (χ0n) is 17.3. The molecule has 0 aliphatic heterocycles. The molecule has 0 atom stereocenters. The van der Waals surface area contributed by atoms with E-state index in [1.807, 2.05) is 25.3 Å². The van der Waals surface area contributed by atoms with Crippen molar-refractivity contribution in [2.45, 2.75) is 59.7 Å². The number of nitrogens with zero attached hydrogens (tertiary/aromatic N) is 4. The van der Waals surface area contributed by atoms with Gasteiger partial charge in [-0.05, 0) is 39.3 Å². The molecule has 0 bridgehead atoms. The molecule has 0 aliphatic rings. The van der Waals surface area contributed by atoms with Crippen LogP contribution >= 0.6 is 0 Å². The third-order valence-electron chi connectivity index (χ3n) is 4.91. The zero-order chi connectivity index (χ0) is 21.1. The Morgan fingerprint density at radius 2 is 1.97 bits per heavy atom. The van der Waals surface area contributed by atoms with Crippen molar-refractivity contribution in [2.24, 2.45) is 0 Å². The number of pyridine rings is 1. The second kappa shape index (κ2) is 8.73. The second-order valence-corrected chi connectivity index (χ2v) is 7.26. The number of benzene rings is 1. The molecule has 29 heavy (non-hydrogen) atoms. The first-order valence-corrected chi connectivity index (χ1v) is 10.00. The van der Waals surface area contributed by atoms with E-state index >= 15 is 0 Å². The van der Waals surface area contributed by atoms with Crippen LogP contribution in [0.1, 0.15) is 52.4 Å². The minimum Gasteiger partial charge on any atom is -0.373 e. The summed E-state index contributed by atoms with van der Waals surface area (Å²) >= 11 is 0. The lowest BCUT2D eigenvalue weighted by atomic mass is 10.1. The summed E-state index contributed by atoms with van der Waals surface area (Å²) in [5.74, 6) is -0.222. The van der Waals surface area contributed by atoms with Gasteiger partial charge in [0.2, 0.25) is 0 Å². The summed E-state index contributed by atoms with van der Waals surface area (Å²) in [6.45, 7) is 8.99. The number of unbranched alkanes of at least 4 members (excludes halogenated alkanes) is 1. The van der Waals surface area contributed by atoms with Gasteiger partial charge in [0, 0.05) is 36.8 Å².